The summed E-state index contributed by atoms with van der Waals surface area (Å²) in [5, 5.41) is 8.64. The maximum absolute atomic E-state index is 11.9. The van der Waals surface area contributed by atoms with E-state index in [0.29, 0.717) is 18.9 Å². The summed E-state index contributed by atoms with van der Waals surface area (Å²) >= 11 is 0. The Morgan fingerprint density at radius 2 is 2.00 bits per heavy atom. The third-order valence-electron chi connectivity index (χ3n) is 2.19. The molecule has 0 spiro atoms. The highest BCUT2D eigenvalue weighted by atomic mass is 16.2. The number of carbonyl (C=O) groups excluding carboxylic acids is 1. The van der Waals surface area contributed by atoms with E-state index in [-0.39, 0.29) is 11.6 Å². The first-order valence-electron chi connectivity index (χ1n) is 5.79. The van der Waals surface area contributed by atoms with E-state index in [2.05, 4.69) is 15.5 Å². The van der Waals surface area contributed by atoms with Crippen LogP contribution in [0.4, 0.5) is 10.6 Å². The average molecular weight is 238 g/mol. The topological polar surface area (TPSA) is 78.1 Å². The molecule has 94 valence electrons. The second kappa shape index (κ2) is 6.67. The Bertz CT molecular complexity index is 390. The molecule has 0 aromatic carbocycles. The molecule has 0 aliphatic heterocycles. The van der Waals surface area contributed by atoms with Crippen LogP contribution in [0, 0.1) is 0 Å². The summed E-state index contributed by atoms with van der Waals surface area (Å²) in [6.45, 7) is 5.47. The summed E-state index contributed by atoms with van der Waals surface area (Å²) in [6.07, 6.45) is 1.82. The third kappa shape index (κ3) is 4.26. The smallest absolute Gasteiger partial charge is 0.323 e. The Balaban J connectivity index is 2.62. The summed E-state index contributed by atoms with van der Waals surface area (Å²) in [4.78, 5) is 24.4. The van der Waals surface area contributed by atoms with Gasteiger partial charge in [0.2, 0.25) is 0 Å². The molecule has 2 amide bonds. The number of urea groups is 1. The van der Waals surface area contributed by atoms with Crippen LogP contribution in [0.2, 0.25) is 0 Å². The quantitative estimate of drug-likeness (QED) is 0.814. The zero-order chi connectivity index (χ0) is 12.7. The lowest BCUT2D eigenvalue weighted by atomic mass is 10.4. The summed E-state index contributed by atoms with van der Waals surface area (Å²) < 4.78 is 0. The van der Waals surface area contributed by atoms with Crippen molar-refractivity contribution in [3.05, 3.63) is 22.5 Å². The number of nitrogens with one attached hydrogen (secondary N) is 2. The Morgan fingerprint density at radius 1 is 1.35 bits per heavy atom. The van der Waals surface area contributed by atoms with Gasteiger partial charge < -0.3 is 4.90 Å². The molecule has 0 fully saturated rings. The average Bonchev–Trinajstić information content (AvgIpc) is 2.32. The highest BCUT2D eigenvalue weighted by molar-refractivity contribution is 5.88. The van der Waals surface area contributed by atoms with Crippen molar-refractivity contribution < 1.29 is 4.79 Å². The fourth-order valence-electron chi connectivity index (χ4n) is 1.46. The number of carbonyl (C=O) groups is 1. The largest absolute Gasteiger partial charge is 0.325 e. The second-order valence-corrected chi connectivity index (χ2v) is 3.72. The van der Waals surface area contributed by atoms with Crippen molar-refractivity contribution in [2.24, 2.45) is 0 Å². The monoisotopic (exact) mass is 238 g/mol. The van der Waals surface area contributed by atoms with Crippen LogP contribution >= 0.6 is 0 Å². The molecule has 0 saturated heterocycles. The Morgan fingerprint density at radius 3 is 2.47 bits per heavy atom. The van der Waals surface area contributed by atoms with E-state index in [1.54, 1.807) is 4.90 Å². The standard InChI is InChI=1S/C11H18N4O2/c1-3-7-15(8-4-2)11(17)12-9-5-6-10(16)14-13-9/h5-6H,3-4,7-8H2,1-2H3,(H,14,16)(H,12,13,17). The number of nitrogens with zero attached hydrogens (tertiary/aromatic N) is 2. The molecule has 0 aliphatic carbocycles. The Kier molecular flexibility index (Phi) is 5.19. The zero-order valence-corrected chi connectivity index (χ0v) is 10.2. The number of hydrogen-bond acceptors (Lipinski definition) is 3. The van der Waals surface area contributed by atoms with E-state index < -0.39 is 0 Å². The molecule has 1 heterocycles. The van der Waals surface area contributed by atoms with Crippen LogP contribution in [0.25, 0.3) is 0 Å². The van der Waals surface area contributed by atoms with Crippen LogP contribution in [0.15, 0.2) is 16.9 Å². The molecule has 0 bridgehead atoms. The fraction of sp³-hybridized carbons (Fsp3) is 0.545. The Hall–Kier alpha value is -1.85. The van der Waals surface area contributed by atoms with Gasteiger partial charge in [0.15, 0.2) is 5.82 Å². The second-order valence-electron chi connectivity index (χ2n) is 3.72. The van der Waals surface area contributed by atoms with Gasteiger partial charge in [0.25, 0.3) is 5.56 Å². The maximum atomic E-state index is 11.9. The number of H-pyrrole nitrogens is 1. The van der Waals surface area contributed by atoms with E-state index in [0.717, 1.165) is 12.8 Å². The highest BCUT2D eigenvalue weighted by Crippen LogP contribution is 2.01. The zero-order valence-electron chi connectivity index (χ0n) is 10.2. The van der Waals surface area contributed by atoms with Gasteiger partial charge in [-0.1, -0.05) is 13.8 Å². The molecule has 2 N–H and O–H groups in total. The van der Waals surface area contributed by atoms with E-state index in [4.69, 9.17) is 0 Å². The lowest BCUT2D eigenvalue weighted by Gasteiger charge is -2.21. The number of hydrogen-bond donors (Lipinski definition) is 2. The molecule has 0 unspecified atom stereocenters. The predicted molar refractivity (Wildman–Crippen MR) is 66.0 cm³/mol. The van der Waals surface area contributed by atoms with Gasteiger partial charge in [-0.2, -0.15) is 5.10 Å². The fourth-order valence-corrected chi connectivity index (χ4v) is 1.46. The summed E-state index contributed by atoms with van der Waals surface area (Å²) in [5.74, 6) is 0.354. The van der Waals surface area contributed by atoms with E-state index in [1.807, 2.05) is 13.8 Å². The lowest BCUT2D eigenvalue weighted by molar-refractivity contribution is 0.211. The van der Waals surface area contributed by atoms with Crippen molar-refractivity contribution in [1.82, 2.24) is 15.1 Å². The van der Waals surface area contributed by atoms with Crippen LogP contribution in [-0.2, 0) is 0 Å². The lowest BCUT2D eigenvalue weighted by Crippen LogP contribution is -2.36. The van der Waals surface area contributed by atoms with Crippen LogP contribution < -0.4 is 10.9 Å². The third-order valence-corrected chi connectivity index (χ3v) is 2.19. The Labute approximate surface area is 100 Å². The van der Waals surface area contributed by atoms with Gasteiger partial charge in [0.05, 0.1) is 0 Å². The van der Waals surface area contributed by atoms with Crippen molar-refractivity contribution in [2.45, 2.75) is 26.7 Å². The molecule has 6 nitrogen and oxygen atoms in total. The first-order valence-corrected chi connectivity index (χ1v) is 5.79. The van der Waals surface area contributed by atoms with E-state index in [1.165, 1.54) is 12.1 Å². The molecule has 1 aromatic rings. The predicted octanol–water partition coefficient (Wildman–Crippen LogP) is 1.42. The summed E-state index contributed by atoms with van der Waals surface area (Å²) in [5.41, 5.74) is -0.290. The molecule has 0 atom stereocenters. The molecule has 0 radical (unpaired) electrons. The van der Waals surface area contributed by atoms with Gasteiger partial charge in [-0.3, -0.25) is 10.1 Å². The first-order chi connectivity index (χ1) is 8.17. The van der Waals surface area contributed by atoms with Gasteiger partial charge in [0, 0.05) is 19.2 Å². The number of anilines is 1. The number of aromatic amines is 1. The molecule has 6 heteroatoms. The van der Waals surface area contributed by atoms with Gasteiger partial charge in [-0.15, -0.1) is 0 Å². The van der Waals surface area contributed by atoms with Gasteiger partial charge in [-0.25, -0.2) is 9.89 Å². The van der Waals surface area contributed by atoms with Crippen molar-refractivity contribution in [3.63, 3.8) is 0 Å². The van der Waals surface area contributed by atoms with Crippen LogP contribution in [0.1, 0.15) is 26.7 Å². The number of aromatic nitrogens is 2. The number of amides is 2. The molecule has 0 aliphatic rings. The highest BCUT2D eigenvalue weighted by Gasteiger charge is 2.11. The summed E-state index contributed by atoms with van der Waals surface area (Å²) in [7, 11) is 0. The SMILES string of the molecule is CCCN(CCC)C(=O)Nc1ccc(=O)[nH]n1. The van der Waals surface area contributed by atoms with Crippen molar-refractivity contribution in [1.29, 1.82) is 0 Å². The normalized spacial score (nSPS) is 10.0. The summed E-state index contributed by atoms with van der Waals surface area (Å²) in [6, 6.07) is 2.62. The minimum Gasteiger partial charge on any atom is -0.325 e. The van der Waals surface area contributed by atoms with Gasteiger partial charge >= 0.3 is 6.03 Å². The molecule has 0 saturated carbocycles. The van der Waals surface area contributed by atoms with Crippen molar-refractivity contribution in [3.8, 4) is 0 Å². The minimum atomic E-state index is -0.290. The van der Waals surface area contributed by atoms with Gasteiger partial charge in [0.1, 0.15) is 0 Å². The molecule has 17 heavy (non-hydrogen) atoms. The van der Waals surface area contributed by atoms with Gasteiger partial charge in [-0.05, 0) is 18.9 Å². The van der Waals surface area contributed by atoms with E-state index in [9.17, 15) is 9.59 Å². The van der Waals surface area contributed by atoms with E-state index >= 15 is 0 Å². The van der Waals surface area contributed by atoms with Crippen LogP contribution in [0.3, 0.4) is 0 Å². The van der Waals surface area contributed by atoms with Crippen LogP contribution in [-0.4, -0.2) is 34.2 Å². The van der Waals surface area contributed by atoms with Crippen molar-refractivity contribution in [2.75, 3.05) is 18.4 Å². The molecular formula is C11H18N4O2. The first kappa shape index (κ1) is 13.2. The maximum Gasteiger partial charge on any atom is 0.323 e. The molecule has 1 rings (SSSR count). The molecule has 1 aromatic heterocycles. The number of rotatable bonds is 5. The molecular weight excluding hydrogens is 220 g/mol. The minimum absolute atomic E-state index is 0.187. The van der Waals surface area contributed by atoms with Crippen molar-refractivity contribution >= 4 is 11.8 Å². The van der Waals surface area contributed by atoms with Crippen LogP contribution in [0.5, 0.6) is 0 Å².